The second-order valence-electron chi connectivity index (χ2n) is 5.25. The second kappa shape index (κ2) is 7.05. The highest BCUT2D eigenvalue weighted by atomic mass is 15.3. The first-order valence-corrected chi connectivity index (χ1v) is 6.37. The molecule has 1 rings (SSSR count). The van der Waals surface area contributed by atoms with Gasteiger partial charge in [0.2, 0.25) is 0 Å². The molecule has 1 N–H and O–H groups in total. The lowest BCUT2D eigenvalue weighted by atomic mass is 10.2. The van der Waals surface area contributed by atoms with Crippen LogP contribution in [0.1, 0.15) is 13.8 Å². The summed E-state index contributed by atoms with van der Waals surface area (Å²) in [5, 5.41) is 3.16. The molecule has 1 aliphatic heterocycles. The van der Waals surface area contributed by atoms with Crippen LogP contribution >= 0.6 is 0 Å². The Balaban J connectivity index is 2.19. The minimum Gasteiger partial charge on any atom is -0.316 e. The fourth-order valence-corrected chi connectivity index (χ4v) is 2.27. The first-order chi connectivity index (χ1) is 7.61. The van der Waals surface area contributed by atoms with Crippen molar-refractivity contribution in [3.8, 4) is 0 Å². The van der Waals surface area contributed by atoms with E-state index in [4.69, 9.17) is 0 Å². The van der Waals surface area contributed by atoms with E-state index in [-0.39, 0.29) is 0 Å². The Morgan fingerprint density at radius 2 is 1.75 bits per heavy atom. The van der Waals surface area contributed by atoms with Crippen LogP contribution in [0, 0.1) is 5.92 Å². The molecule has 0 amide bonds. The second-order valence-corrected chi connectivity index (χ2v) is 5.25. The lowest BCUT2D eigenvalue weighted by Crippen LogP contribution is -2.48. The van der Waals surface area contributed by atoms with Gasteiger partial charge in [-0.1, -0.05) is 20.4 Å². The van der Waals surface area contributed by atoms with E-state index in [1.807, 2.05) is 7.05 Å². The van der Waals surface area contributed by atoms with Crippen LogP contribution in [0.15, 0.2) is 12.2 Å². The maximum atomic E-state index is 4.09. The number of nitrogens with zero attached hydrogens (tertiary/aromatic N) is 2. The first kappa shape index (κ1) is 13.7. The topological polar surface area (TPSA) is 18.5 Å². The van der Waals surface area contributed by atoms with E-state index >= 15 is 0 Å². The zero-order valence-electron chi connectivity index (χ0n) is 11.1. The summed E-state index contributed by atoms with van der Waals surface area (Å²) in [4.78, 5) is 5.08. The molecule has 0 aromatic heterocycles. The third-order valence-electron chi connectivity index (χ3n) is 2.96. The third-order valence-corrected chi connectivity index (χ3v) is 2.96. The molecule has 3 heteroatoms. The SMILES string of the molecule is C=C(CNC)CN1CCN(CC(C)C)CC1. The summed E-state index contributed by atoms with van der Waals surface area (Å²) in [7, 11) is 1.98. The Labute approximate surface area is 100 Å². The molecular formula is C13H27N3. The number of rotatable bonds is 6. The largest absolute Gasteiger partial charge is 0.316 e. The number of hydrogen-bond acceptors (Lipinski definition) is 3. The van der Waals surface area contributed by atoms with Crippen molar-refractivity contribution in [1.29, 1.82) is 0 Å². The van der Waals surface area contributed by atoms with Crippen molar-refractivity contribution in [2.24, 2.45) is 5.92 Å². The van der Waals surface area contributed by atoms with Crippen LogP contribution in [0.5, 0.6) is 0 Å². The third kappa shape index (κ3) is 5.10. The molecule has 0 atom stereocenters. The summed E-state index contributed by atoms with van der Waals surface area (Å²) in [6.45, 7) is 16.7. The average Bonchev–Trinajstić information content (AvgIpc) is 2.20. The molecule has 0 aliphatic carbocycles. The molecule has 1 aliphatic rings. The Bertz CT molecular complexity index is 205. The molecule has 1 saturated heterocycles. The molecule has 0 unspecified atom stereocenters. The molecule has 16 heavy (non-hydrogen) atoms. The maximum absolute atomic E-state index is 4.09. The lowest BCUT2D eigenvalue weighted by Gasteiger charge is -2.35. The van der Waals surface area contributed by atoms with Gasteiger partial charge in [0.25, 0.3) is 0 Å². The molecule has 0 aromatic carbocycles. The van der Waals surface area contributed by atoms with E-state index in [0.29, 0.717) is 0 Å². The molecule has 94 valence electrons. The summed E-state index contributed by atoms with van der Waals surface area (Å²) in [6.07, 6.45) is 0. The van der Waals surface area contributed by atoms with E-state index in [9.17, 15) is 0 Å². The van der Waals surface area contributed by atoms with Crippen LogP contribution in [0.3, 0.4) is 0 Å². The van der Waals surface area contributed by atoms with Crippen LogP contribution in [-0.2, 0) is 0 Å². The molecule has 0 radical (unpaired) electrons. The molecule has 1 heterocycles. The van der Waals surface area contributed by atoms with Gasteiger partial charge in [-0.2, -0.15) is 0 Å². The molecule has 0 aromatic rings. The summed E-state index contributed by atoms with van der Waals surface area (Å²) in [5.41, 5.74) is 1.29. The van der Waals surface area contributed by atoms with Gasteiger partial charge in [-0.05, 0) is 18.5 Å². The molecule has 0 bridgehead atoms. The van der Waals surface area contributed by atoms with Gasteiger partial charge in [0.1, 0.15) is 0 Å². The smallest absolute Gasteiger partial charge is 0.0203 e. The number of hydrogen-bond donors (Lipinski definition) is 1. The summed E-state index contributed by atoms with van der Waals surface area (Å²) in [5.74, 6) is 0.783. The van der Waals surface area contributed by atoms with E-state index in [1.54, 1.807) is 0 Å². The number of nitrogens with one attached hydrogen (secondary N) is 1. The van der Waals surface area contributed by atoms with E-state index in [0.717, 1.165) is 19.0 Å². The van der Waals surface area contributed by atoms with E-state index < -0.39 is 0 Å². The quantitative estimate of drug-likeness (QED) is 0.681. The Morgan fingerprint density at radius 1 is 1.19 bits per heavy atom. The molecule has 1 fully saturated rings. The highest BCUT2D eigenvalue weighted by molar-refractivity contribution is 5.00. The first-order valence-electron chi connectivity index (χ1n) is 6.37. The van der Waals surface area contributed by atoms with Crippen molar-refractivity contribution in [2.45, 2.75) is 13.8 Å². The minimum atomic E-state index is 0.783. The highest BCUT2D eigenvalue weighted by Crippen LogP contribution is 2.06. The van der Waals surface area contributed by atoms with Gasteiger partial charge in [-0.15, -0.1) is 0 Å². The van der Waals surface area contributed by atoms with Gasteiger partial charge < -0.3 is 10.2 Å². The number of likely N-dealkylation sites (N-methyl/N-ethyl adjacent to an activating group) is 1. The van der Waals surface area contributed by atoms with Gasteiger partial charge in [-0.25, -0.2) is 0 Å². The van der Waals surface area contributed by atoms with Crippen molar-refractivity contribution >= 4 is 0 Å². The Hall–Kier alpha value is -0.380. The number of piperazine rings is 1. The van der Waals surface area contributed by atoms with E-state index in [2.05, 4.69) is 35.5 Å². The lowest BCUT2D eigenvalue weighted by molar-refractivity contribution is 0.129. The van der Waals surface area contributed by atoms with Gasteiger partial charge >= 0.3 is 0 Å². The zero-order valence-corrected chi connectivity index (χ0v) is 11.1. The van der Waals surface area contributed by atoms with Crippen molar-refractivity contribution in [3.05, 3.63) is 12.2 Å². The predicted molar refractivity (Wildman–Crippen MR) is 70.8 cm³/mol. The van der Waals surface area contributed by atoms with Crippen LogP contribution < -0.4 is 5.32 Å². The maximum Gasteiger partial charge on any atom is 0.0203 e. The molecule has 0 saturated carbocycles. The Kier molecular flexibility index (Phi) is 6.03. The molecule has 3 nitrogen and oxygen atoms in total. The van der Waals surface area contributed by atoms with Gasteiger partial charge in [0.15, 0.2) is 0 Å². The van der Waals surface area contributed by atoms with Gasteiger partial charge in [-0.3, -0.25) is 4.90 Å². The van der Waals surface area contributed by atoms with Gasteiger partial charge in [0, 0.05) is 45.8 Å². The standard InChI is InChI=1S/C13H27N3/c1-12(2)10-15-5-7-16(8-6-15)11-13(3)9-14-4/h12,14H,3,5-11H2,1-2,4H3. The minimum absolute atomic E-state index is 0.783. The van der Waals surface area contributed by atoms with Crippen LogP contribution in [0.2, 0.25) is 0 Å². The van der Waals surface area contributed by atoms with Crippen LogP contribution in [-0.4, -0.2) is 62.7 Å². The fraction of sp³-hybridized carbons (Fsp3) is 0.846. The van der Waals surface area contributed by atoms with Crippen molar-refractivity contribution < 1.29 is 0 Å². The normalized spacial score (nSPS) is 19.2. The van der Waals surface area contributed by atoms with Crippen LogP contribution in [0.25, 0.3) is 0 Å². The molecular weight excluding hydrogens is 198 g/mol. The summed E-state index contributed by atoms with van der Waals surface area (Å²) >= 11 is 0. The monoisotopic (exact) mass is 225 g/mol. The van der Waals surface area contributed by atoms with Crippen molar-refractivity contribution in [1.82, 2.24) is 15.1 Å². The fourth-order valence-electron chi connectivity index (χ4n) is 2.27. The van der Waals surface area contributed by atoms with Crippen molar-refractivity contribution in [3.63, 3.8) is 0 Å². The highest BCUT2D eigenvalue weighted by Gasteiger charge is 2.17. The van der Waals surface area contributed by atoms with E-state index in [1.165, 1.54) is 38.3 Å². The summed E-state index contributed by atoms with van der Waals surface area (Å²) < 4.78 is 0. The van der Waals surface area contributed by atoms with Crippen molar-refractivity contribution in [2.75, 3.05) is 52.9 Å². The van der Waals surface area contributed by atoms with Gasteiger partial charge in [0.05, 0.1) is 0 Å². The summed E-state index contributed by atoms with van der Waals surface area (Å²) in [6, 6.07) is 0. The molecule has 0 spiro atoms. The Morgan fingerprint density at radius 3 is 2.25 bits per heavy atom. The zero-order chi connectivity index (χ0) is 12.0. The predicted octanol–water partition coefficient (Wildman–Crippen LogP) is 1.04. The van der Waals surface area contributed by atoms with Crippen LogP contribution in [0.4, 0.5) is 0 Å². The average molecular weight is 225 g/mol.